The van der Waals surface area contributed by atoms with Gasteiger partial charge in [-0.2, -0.15) is 0 Å². The summed E-state index contributed by atoms with van der Waals surface area (Å²) in [7, 11) is -3.78. The topological polar surface area (TPSA) is 75.3 Å². The lowest BCUT2D eigenvalue weighted by Gasteiger charge is -2.19. The number of carbonyl (C=O) groups is 1. The minimum absolute atomic E-state index is 0.0103. The van der Waals surface area contributed by atoms with Crippen LogP contribution in [0.2, 0.25) is 0 Å². The Labute approximate surface area is 194 Å². The number of hydrogen-bond acceptors (Lipinski definition) is 3. The maximum absolute atomic E-state index is 12.9. The number of fused-ring (bicyclic) bond motifs is 1. The first kappa shape index (κ1) is 22.6. The molecule has 4 aromatic rings. The van der Waals surface area contributed by atoms with Crippen LogP contribution in [-0.4, -0.2) is 14.3 Å². The Morgan fingerprint density at radius 2 is 1.39 bits per heavy atom. The monoisotopic (exact) mass is 458 g/mol. The molecule has 0 saturated heterocycles. The summed E-state index contributed by atoms with van der Waals surface area (Å²) in [5.74, 6) is -0.250. The van der Waals surface area contributed by atoms with Gasteiger partial charge in [0.2, 0.25) is 0 Å². The number of hydrogen-bond donors (Lipinski definition) is 2. The molecule has 2 N–H and O–H groups in total. The number of carbonyl (C=O) groups excluding carboxylic acids is 1. The van der Waals surface area contributed by atoms with Crippen molar-refractivity contribution in [2.45, 2.75) is 31.1 Å². The number of sulfonamides is 1. The van der Waals surface area contributed by atoms with Gasteiger partial charge in [0, 0.05) is 16.6 Å². The van der Waals surface area contributed by atoms with Gasteiger partial charge in [-0.3, -0.25) is 9.52 Å². The number of rotatable bonds is 5. The smallest absolute Gasteiger partial charge is 0.261 e. The quantitative estimate of drug-likeness (QED) is 0.374. The second-order valence-corrected chi connectivity index (χ2v) is 10.6. The van der Waals surface area contributed by atoms with Gasteiger partial charge in [0.1, 0.15) is 0 Å². The van der Waals surface area contributed by atoms with Gasteiger partial charge in [-0.25, -0.2) is 8.42 Å². The lowest BCUT2D eigenvalue weighted by atomic mass is 9.87. The van der Waals surface area contributed by atoms with E-state index in [0.29, 0.717) is 16.9 Å². The highest BCUT2D eigenvalue weighted by molar-refractivity contribution is 7.92. The molecule has 0 saturated carbocycles. The molecule has 5 nitrogen and oxygen atoms in total. The predicted octanol–water partition coefficient (Wildman–Crippen LogP) is 6.19. The average molecular weight is 459 g/mol. The van der Waals surface area contributed by atoms with Gasteiger partial charge in [-0.05, 0) is 58.8 Å². The van der Waals surface area contributed by atoms with E-state index >= 15 is 0 Å². The molecule has 168 valence electrons. The van der Waals surface area contributed by atoms with Crippen LogP contribution in [0.5, 0.6) is 0 Å². The Kier molecular flexibility index (Phi) is 5.95. The third kappa shape index (κ3) is 5.07. The molecule has 4 aromatic carbocycles. The molecule has 0 unspecified atom stereocenters. The van der Waals surface area contributed by atoms with Crippen LogP contribution < -0.4 is 10.0 Å². The largest absolute Gasteiger partial charge is 0.322 e. The Morgan fingerprint density at radius 1 is 0.758 bits per heavy atom. The minimum Gasteiger partial charge on any atom is -0.322 e. The number of amides is 1. The van der Waals surface area contributed by atoms with E-state index in [2.05, 4.69) is 30.8 Å². The maximum Gasteiger partial charge on any atom is 0.261 e. The Hall–Kier alpha value is -3.64. The van der Waals surface area contributed by atoms with E-state index < -0.39 is 10.0 Å². The molecule has 0 aliphatic carbocycles. The highest BCUT2D eigenvalue weighted by atomic mass is 32.2. The van der Waals surface area contributed by atoms with Crippen LogP contribution in [0.25, 0.3) is 10.8 Å². The van der Waals surface area contributed by atoms with Crippen molar-refractivity contribution in [3.63, 3.8) is 0 Å². The summed E-state index contributed by atoms with van der Waals surface area (Å²) in [5.41, 5.74) is 2.73. The predicted molar refractivity (Wildman–Crippen MR) is 134 cm³/mol. The van der Waals surface area contributed by atoms with Crippen molar-refractivity contribution in [2.24, 2.45) is 0 Å². The molecule has 0 aliphatic rings. The standard InChI is InChI=1S/C27H26N2O3S/c1-27(2,3)21-13-11-20(12-14-21)26(30)28-22-15-17-23(18-16-22)33(31,32)29-25-10-6-8-19-7-4-5-9-24(19)25/h4-18,29H,1-3H3,(H,28,30). The van der Waals surface area contributed by atoms with Crippen molar-refractivity contribution in [3.8, 4) is 0 Å². The van der Waals surface area contributed by atoms with Crippen LogP contribution in [-0.2, 0) is 15.4 Å². The number of anilines is 2. The van der Waals surface area contributed by atoms with Crippen molar-refractivity contribution in [1.82, 2.24) is 0 Å². The average Bonchev–Trinajstić information content (AvgIpc) is 2.79. The van der Waals surface area contributed by atoms with Gasteiger partial charge < -0.3 is 5.32 Å². The molecule has 0 aromatic heterocycles. The maximum atomic E-state index is 12.9. The molecule has 0 heterocycles. The van der Waals surface area contributed by atoms with Crippen molar-refractivity contribution in [1.29, 1.82) is 0 Å². The summed E-state index contributed by atoms with van der Waals surface area (Å²) < 4.78 is 28.5. The van der Waals surface area contributed by atoms with E-state index in [1.807, 2.05) is 48.5 Å². The summed E-state index contributed by atoms with van der Waals surface area (Å²) in [6.45, 7) is 6.35. The van der Waals surface area contributed by atoms with E-state index in [9.17, 15) is 13.2 Å². The SMILES string of the molecule is CC(C)(C)c1ccc(C(=O)Nc2ccc(S(=O)(=O)Nc3cccc4ccccc34)cc2)cc1. The van der Waals surface area contributed by atoms with Gasteiger partial charge in [-0.15, -0.1) is 0 Å². The van der Waals surface area contributed by atoms with Crippen LogP contribution in [0.15, 0.2) is 95.9 Å². The lowest BCUT2D eigenvalue weighted by molar-refractivity contribution is 0.102. The molecule has 4 rings (SSSR count). The fourth-order valence-electron chi connectivity index (χ4n) is 3.56. The third-order valence-corrected chi connectivity index (χ3v) is 6.85. The van der Waals surface area contributed by atoms with Crippen LogP contribution in [0.4, 0.5) is 11.4 Å². The second-order valence-electron chi connectivity index (χ2n) is 8.94. The molecule has 0 bridgehead atoms. The van der Waals surface area contributed by atoms with E-state index in [4.69, 9.17) is 0 Å². The summed E-state index contributed by atoms with van der Waals surface area (Å²) in [6, 6.07) is 26.7. The summed E-state index contributed by atoms with van der Waals surface area (Å²) in [6.07, 6.45) is 0. The molecular weight excluding hydrogens is 432 g/mol. The zero-order valence-corrected chi connectivity index (χ0v) is 19.6. The van der Waals surface area contributed by atoms with Crippen LogP contribution in [0, 0.1) is 0 Å². The molecule has 6 heteroatoms. The normalized spacial score (nSPS) is 11.8. The highest BCUT2D eigenvalue weighted by Gasteiger charge is 2.17. The van der Waals surface area contributed by atoms with Gasteiger partial charge in [0.05, 0.1) is 10.6 Å². The zero-order chi connectivity index (χ0) is 23.6. The lowest BCUT2D eigenvalue weighted by Crippen LogP contribution is -2.15. The van der Waals surface area contributed by atoms with Crippen molar-refractivity contribution < 1.29 is 13.2 Å². The Bertz CT molecular complexity index is 1400. The number of nitrogens with one attached hydrogen (secondary N) is 2. The molecule has 0 aliphatic heterocycles. The highest BCUT2D eigenvalue weighted by Crippen LogP contribution is 2.26. The van der Waals surface area contributed by atoms with E-state index in [0.717, 1.165) is 16.3 Å². The molecule has 0 fully saturated rings. The fourth-order valence-corrected chi connectivity index (χ4v) is 4.64. The number of benzene rings is 4. The van der Waals surface area contributed by atoms with Crippen molar-refractivity contribution in [3.05, 3.63) is 102 Å². The van der Waals surface area contributed by atoms with E-state index in [1.165, 1.54) is 12.1 Å². The first-order chi connectivity index (χ1) is 15.6. The Balaban J connectivity index is 1.49. The second kappa shape index (κ2) is 8.71. The van der Waals surface area contributed by atoms with Crippen LogP contribution >= 0.6 is 0 Å². The molecule has 0 radical (unpaired) electrons. The van der Waals surface area contributed by atoms with E-state index in [1.54, 1.807) is 30.3 Å². The summed E-state index contributed by atoms with van der Waals surface area (Å²) in [4.78, 5) is 12.7. The minimum atomic E-state index is -3.78. The van der Waals surface area contributed by atoms with Crippen LogP contribution in [0.1, 0.15) is 36.7 Å². The Morgan fingerprint density at radius 3 is 2.06 bits per heavy atom. The first-order valence-electron chi connectivity index (χ1n) is 10.7. The molecule has 1 amide bonds. The molecular formula is C27H26N2O3S. The van der Waals surface area contributed by atoms with Crippen molar-refractivity contribution in [2.75, 3.05) is 10.0 Å². The fraction of sp³-hybridized carbons (Fsp3) is 0.148. The van der Waals surface area contributed by atoms with Crippen molar-refractivity contribution >= 4 is 38.1 Å². The molecule has 0 spiro atoms. The van der Waals surface area contributed by atoms with Crippen LogP contribution in [0.3, 0.4) is 0 Å². The van der Waals surface area contributed by atoms with Gasteiger partial charge in [0.25, 0.3) is 15.9 Å². The zero-order valence-electron chi connectivity index (χ0n) is 18.8. The molecule has 33 heavy (non-hydrogen) atoms. The summed E-state index contributed by atoms with van der Waals surface area (Å²) >= 11 is 0. The van der Waals surface area contributed by atoms with E-state index in [-0.39, 0.29) is 16.2 Å². The van der Waals surface area contributed by atoms with Gasteiger partial charge >= 0.3 is 0 Å². The van der Waals surface area contributed by atoms with Gasteiger partial charge in [0.15, 0.2) is 0 Å². The first-order valence-corrected chi connectivity index (χ1v) is 12.1. The third-order valence-electron chi connectivity index (χ3n) is 5.47. The molecule has 0 atom stereocenters. The van der Waals surface area contributed by atoms with Gasteiger partial charge in [-0.1, -0.05) is 69.3 Å². The summed E-state index contributed by atoms with van der Waals surface area (Å²) in [5, 5.41) is 4.59.